The van der Waals surface area contributed by atoms with Crippen LogP contribution in [-0.2, 0) is 4.74 Å². The molecule has 12 heavy (non-hydrogen) atoms. The number of halogens is 2. The lowest BCUT2D eigenvalue weighted by Gasteiger charge is -2.27. The molecule has 1 heterocycles. The third kappa shape index (κ3) is 3.03. The van der Waals surface area contributed by atoms with E-state index in [0.29, 0.717) is 0 Å². The van der Waals surface area contributed by atoms with E-state index in [1.54, 1.807) is 6.92 Å². The highest BCUT2D eigenvalue weighted by Gasteiger charge is 2.22. The molecule has 0 aromatic carbocycles. The van der Waals surface area contributed by atoms with Crippen LogP contribution in [-0.4, -0.2) is 25.8 Å². The summed E-state index contributed by atoms with van der Waals surface area (Å²) >= 11 is 0. The fourth-order valence-corrected chi connectivity index (χ4v) is 1.55. The summed E-state index contributed by atoms with van der Waals surface area (Å²) in [7, 11) is 0. The topological polar surface area (TPSA) is 21.3 Å². The lowest BCUT2D eigenvalue weighted by molar-refractivity contribution is -0.172. The van der Waals surface area contributed by atoms with Crippen molar-refractivity contribution in [2.75, 3.05) is 13.1 Å². The molecule has 0 aromatic rings. The number of ether oxygens (including phenoxy) is 1. The van der Waals surface area contributed by atoms with Gasteiger partial charge in [-0.1, -0.05) is 0 Å². The molecule has 2 atom stereocenters. The van der Waals surface area contributed by atoms with Crippen LogP contribution in [0.3, 0.4) is 0 Å². The number of piperidine rings is 1. The fraction of sp³-hybridized carbons (Fsp3) is 1.00. The van der Waals surface area contributed by atoms with Crippen LogP contribution in [0.25, 0.3) is 0 Å². The molecule has 1 N–H and O–H groups in total. The zero-order chi connectivity index (χ0) is 8.97. The van der Waals surface area contributed by atoms with E-state index in [-0.39, 0.29) is 12.0 Å². The molecule has 1 saturated heterocycles. The molecule has 1 fully saturated rings. The molecular weight excluding hydrogens is 164 g/mol. The third-order valence-corrected chi connectivity index (χ3v) is 2.32. The maximum atomic E-state index is 11.8. The summed E-state index contributed by atoms with van der Waals surface area (Å²) in [4.78, 5) is 0. The molecule has 1 aliphatic heterocycles. The molecule has 0 saturated carbocycles. The molecule has 1 rings (SSSR count). The second-order valence-electron chi connectivity index (χ2n) is 3.21. The van der Waals surface area contributed by atoms with Crippen LogP contribution >= 0.6 is 0 Å². The predicted molar refractivity (Wildman–Crippen MR) is 42.1 cm³/mol. The maximum absolute atomic E-state index is 11.8. The summed E-state index contributed by atoms with van der Waals surface area (Å²) in [5, 5.41) is 3.16. The van der Waals surface area contributed by atoms with E-state index in [1.165, 1.54) is 0 Å². The van der Waals surface area contributed by atoms with E-state index in [1.807, 2.05) is 0 Å². The monoisotopic (exact) mass is 179 g/mol. The van der Waals surface area contributed by atoms with Crippen LogP contribution in [0.4, 0.5) is 8.78 Å². The van der Waals surface area contributed by atoms with Crippen LogP contribution in [0.5, 0.6) is 0 Å². The molecular formula is C8H15F2NO. The predicted octanol–water partition coefficient (Wildman–Crippen LogP) is 1.61. The van der Waals surface area contributed by atoms with Crippen LogP contribution < -0.4 is 5.32 Å². The van der Waals surface area contributed by atoms with Crippen molar-refractivity contribution in [1.29, 1.82) is 0 Å². The van der Waals surface area contributed by atoms with Gasteiger partial charge in [0.1, 0.15) is 0 Å². The minimum Gasteiger partial charge on any atom is -0.320 e. The summed E-state index contributed by atoms with van der Waals surface area (Å²) in [5.74, 6) is 0.243. The first-order chi connectivity index (χ1) is 5.70. The molecule has 0 aliphatic carbocycles. The van der Waals surface area contributed by atoms with Gasteiger partial charge in [-0.25, -0.2) is 0 Å². The lowest BCUT2D eigenvalue weighted by Crippen LogP contribution is -2.37. The van der Waals surface area contributed by atoms with Crippen molar-refractivity contribution < 1.29 is 13.5 Å². The van der Waals surface area contributed by atoms with E-state index >= 15 is 0 Å². The van der Waals surface area contributed by atoms with Crippen molar-refractivity contribution in [3.63, 3.8) is 0 Å². The minimum absolute atomic E-state index is 0.243. The summed E-state index contributed by atoms with van der Waals surface area (Å²) in [6.07, 6.45) is 1.71. The molecule has 2 unspecified atom stereocenters. The van der Waals surface area contributed by atoms with Gasteiger partial charge in [0.25, 0.3) is 0 Å². The van der Waals surface area contributed by atoms with Gasteiger partial charge in [-0.15, -0.1) is 0 Å². The van der Waals surface area contributed by atoms with Gasteiger partial charge in [-0.05, 0) is 32.2 Å². The van der Waals surface area contributed by atoms with Crippen molar-refractivity contribution in [2.24, 2.45) is 5.92 Å². The Kier molecular flexibility index (Phi) is 3.88. The first-order valence-corrected chi connectivity index (χ1v) is 4.34. The van der Waals surface area contributed by atoms with Gasteiger partial charge in [0.05, 0.1) is 6.10 Å². The van der Waals surface area contributed by atoms with Gasteiger partial charge in [0.2, 0.25) is 0 Å². The van der Waals surface area contributed by atoms with Gasteiger partial charge < -0.3 is 10.1 Å². The molecule has 1 aliphatic rings. The summed E-state index contributed by atoms with van der Waals surface area (Å²) in [6.45, 7) is 0.872. The molecule has 0 amide bonds. The second-order valence-corrected chi connectivity index (χ2v) is 3.21. The van der Waals surface area contributed by atoms with Gasteiger partial charge in [-0.3, -0.25) is 0 Å². The Morgan fingerprint density at radius 3 is 2.75 bits per heavy atom. The zero-order valence-corrected chi connectivity index (χ0v) is 7.22. The molecule has 0 radical (unpaired) electrons. The van der Waals surface area contributed by atoms with Gasteiger partial charge in [0, 0.05) is 6.54 Å². The van der Waals surface area contributed by atoms with E-state index in [0.717, 1.165) is 25.9 Å². The first kappa shape index (κ1) is 9.86. The Bertz CT molecular complexity index is 126. The number of hydrogen-bond acceptors (Lipinski definition) is 2. The summed E-state index contributed by atoms with van der Waals surface area (Å²) < 4.78 is 28.0. The average molecular weight is 179 g/mol. The van der Waals surface area contributed by atoms with E-state index in [2.05, 4.69) is 10.1 Å². The van der Waals surface area contributed by atoms with Crippen LogP contribution in [0, 0.1) is 5.92 Å². The maximum Gasteiger partial charge on any atom is 0.345 e. The normalized spacial score (nSPS) is 27.5. The zero-order valence-electron chi connectivity index (χ0n) is 7.22. The van der Waals surface area contributed by atoms with Crippen LogP contribution in [0.15, 0.2) is 0 Å². The molecule has 0 spiro atoms. The van der Waals surface area contributed by atoms with Crippen molar-refractivity contribution in [1.82, 2.24) is 5.32 Å². The molecule has 4 heteroatoms. The largest absolute Gasteiger partial charge is 0.345 e. The van der Waals surface area contributed by atoms with Crippen molar-refractivity contribution in [3.05, 3.63) is 0 Å². The highest BCUT2D eigenvalue weighted by molar-refractivity contribution is 4.73. The Morgan fingerprint density at radius 2 is 2.25 bits per heavy atom. The van der Waals surface area contributed by atoms with Crippen molar-refractivity contribution >= 4 is 0 Å². The molecule has 2 nitrogen and oxygen atoms in total. The average Bonchev–Trinajstić information content (AvgIpc) is 2.05. The van der Waals surface area contributed by atoms with Gasteiger partial charge in [0.15, 0.2) is 0 Å². The van der Waals surface area contributed by atoms with E-state index in [9.17, 15) is 8.78 Å². The van der Waals surface area contributed by atoms with Gasteiger partial charge in [-0.2, -0.15) is 8.78 Å². The van der Waals surface area contributed by atoms with Gasteiger partial charge >= 0.3 is 6.61 Å². The SMILES string of the molecule is CC(OC(F)F)C1CCCNC1. The lowest BCUT2D eigenvalue weighted by atomic mass is 9.95. The Hall–Kier alpha value is -0.220. The number of rotatable bonds is 3. The Morgan fingerprint density at radius 1 is 1.50 bits per heavy atom. The molecule has 72 valence electrons. The smallest absolute Gasteiger partial charge is 0.320 e. The van der Waals surface area contributed by atoms with E-state index in [4.69, 9.17) is 0 Å². The van der Waals surface area contributed by atoms with Crippen molar-refractivity contribution in [2.45, 2.75) is 32.5 Å². The Labute approximate surface area is 71.3 Å². The minimum atomic E-state index is -2.64. The quantitative estimate of drug-likeness (QED) is 0.710. The molecule has 0 aromatic heterocycles. The fourth-order valence-electron chi connectivity index (χ4n) is 1.55. The summed E-state index contributed by atoms with van der Waals surface area (Å²) in [6, 6.07) is 0. The number of alkyl halides is 2. The number of nitrogens with one attached hydrogen (secondary N) is 1. The summed E-state index contributed by atoms with van der Waals surface area (Å²) in [5.41, 5.74) is 0. The van der Waals surface area contributed by atoms with E-state index < -0.39 is 6.61 Å². The van der Waals surface area contributed by atoms with Crippen LogP contribution in [0.1, 0.15) is 19.8 Å². The van der Waals surface area contributed by atoms with Crippen LogP contribution in [0.2, 0.25) is 0 Å². The highest BCUT2D eigenvalue weighted by Crippen LogP contribution is 2.18. The Balaban J connectivity index is 2.24. The number of hydrogen-bond donors (Lipinski definition) is 1. The first-order valence-electron chi connectivity index (χ1n) is 4.34. The standard InChI is InChI=1S/C8H15F2NO/c1-6(12-8(9)10)7-3-2-4-11-5-7/h6-8,11H,2-5H2,1H3. The molecule has 0 bridgehead atoms. The second kappa shape index (κ2) is 4.72. The highest BCUT2D eigenvalue weighted by atomic mass is 19.3. The third-order valence-electron chi connectivity index (χ3n) is 2.32. The van der Waals surface area contributed by atoms with Crippen molar-refractivity contribution in [3.8, 4) is 0 Å².